The molecule has 146 valence electrons. The van der Waals surface area contributed by atoms with Crippen LogP contribution in [-0.2, 0) is 13.0 Å². The van der Waals surface area contributed by atoms with E-state index in [0.29, 0.717) is 36.0 Å². The highest BCUT2D eigenvalue weighted by atomic mass is 32.1. The Bertz CT molecular complexity index is 1240. The van der Waals surface area contributed by atoms with Crippen molar-refractivity contribution >= 4 is 39.2 Å². The van der Waals surface area contributed by atoms with Gasteiger partial charge in [-0.3, -0.25) is 14.9 Å². The molecule has 4 aromatic rings. The Labute approximate surface area is 169 Å². The van der Waals surface area contributed by atoms with Gasteiger partial charge < -0.3 is 14.4 Å². The van der Waals surface area contributed by atoms with Gasteiger partial charge in [-0.15, -0.1) is 0 Å². The first-order chi connectivity index (χ1) is 14.1. The highest BCUT2D eigenvalue weighted by molar-refractivity contribution is 7.15. The van der Waals surface area contributed by atoms with Gasteiger partial charge in [0.25, 0.3) is 11.8 Å². The van der Waals surface area contributed by atoms with Crippen molar-refractivity contribution in [1.82, 2.24) is 20.0 Å². The summed E-state index contributed by atoms with van der Waals surface area (Å²) in [5.74, 6) is 0.199. The molecule has 0 atom stereocenters. The molecule has 5 rings (SSSR count). The quantitative estimate of drug-likeness (QED) is 0.542. The number of anilines is 1. The van der Waals surface area contributed by atoms with E-state index < -0.39 is 0 Å². The van der Waals surface area contributed by atoms with Crippen molar-refractivity contribution in [2.45, 2.75) is 19.9 Å². The predicted octanol–water partition coefficient (Wildman–Crippen LogP) is 3.37. The molecule has 29 heavy (non-hydrogen) atoms. The zero-order chi connectivity index (χ0) is 20.0. The molecule has 0 fully saturated rings. The third-order valence-electron chi connectivity index (χ3n) is 4.90. The van der Waals surface area contributed by atoms with Gasteiger partial charge in [-0.2, -0.15) is 0 Å². The maximum atomic E-state index is 13.0. The maximum Gasteiger partial charge on any atom is 0.279 e. The van der Waals surface area contributed by atoms with Gasteiger partial charge in [-0.1, -0.05) is 22.6 Å². The lowest BCUT2D eigenvalue weighted by atomic mass is 10.1. The molecule has 8 nitrogen and oxygen atoms in total. The highest BCUT2D eigenvalue weighted by Crippen LogP contribution is 2.29. The van der Waals surface area contributed by atoms with Crippen LogP contribution in [0.25, 0.3) is 10.9 Å². The summed E-state index contributed by atoms with van der Waals surface area (Å²) in [6, 6.07) is 9.23. The van der Waals surface area contributed by atoms with Crippen LogP contribution in [0.1, 0.15) is 37.2 Å². The lowest BCUT2D eigenvalue weighted by Gasteiger charge is -2.26. The number of hydrogen-bond acceptors (Lipinski definition) is 6. The van der Waals surface area contributed by atoms with E-state index in [1.165, 1.54) is 11.3 Å². The molecular formula is C20H17N5O3S. The molecule has 1 aliphatic heterocycles. The Morgan fingerprint density at radius 1 is 1.28 bits per heavy atom. The van der Waals surface area contributed by atoms with Crippen LogP contribution in [0.15, 0.2) is 41.1 Å². The molecule has 0 unspecified atom stereocenters. The van der Waals surface area contributed by atoms with E-state index in [1.807, 2.05) is 35.4 Å². The Morgan fingerprint density at radius 3 is 3.00 bits per heavy atom. The number of aromatic amines is 1. The van der Waals surface area contributed by atoms with Crippen LogP contribution in [-0.4, -0.2) is 38.4 Å². The highest BCUT2D eigenvalue weighted by Gasteiger charge is 2.26. The van der Waals surface area contributed by atoms with Crippen LogP contribution >= 0.6 is 11.3 Å². The number of hydrogen-bond donors (Lipinski definition) is 2. The third kappa shape index (κ3) is 3.29. The number of H-pyrrole nitrogens is 1. The van der Waals surface area contributed by atoms with Gasteiger partial charge in [0.15, 0.2) is 10.8 Å². The molecule has 1 aliphatic rings. The fraction of sp³-hybridized carbons (Fsp3) is 0.200. The average Bonchev–Trinajstić information content (AvgIpc) is 3.44. The largest absolute Gasteiger partial charge is 0.361 e. The van der Waals surface area contributed by atoms with Crippen molar-refractivity contribution in [3.05, 3.63) is 64.1 Å². The Balaban J connectivity index is 1.31. The normalized spacial score (nSPS) is 13.5. The van der Waals surface area contributed by atoms with E-state index in [1.54, 1.807) is 13.0 Å². The van der Waals surface area contributed by atoms with Crippen LogP contribution < -0.4 is 5.32 Å². The summed E-state index contributed by atoms with van der Waals surface area (Å²) in [5, 5.41) is 8.05. The molecule has 4 heterocycles. The second-order valence-electron chi connectivity index (χ2n) is 6.92. The minimum absolute atomic E-state index is 0.00999. The molecular weight excluding hydrogens is 390 g/mol. The summed E-state index contributed by atoms with van der Waals surface area (Å²) in [6.07, 6.45) is 2.51. The Morgan fingerprint density at radius 2 is 2.17 bits per heavy atom. The van der Waals surface area contributed by atoms with Crippen LogP contribution in [0.3, 0.4) is 0 Å². The first-order valence-corrected chi connectivity index (χ1v) is 9.98. The number of benzene rings is 1. The van der Waals surface area contributed by atoms with E-state index in [4.69, 9.17) is 4.52 Å². The van der Waals surface area contributed by atoms with E-state index in [9.17, 15) is 9.59 Å². The minimum atomic E-state index is -0.361. The Hall–Kier alpha value is -3.46. The summed E-state index contributed by atoms with van der Waals surface area (Å²) in [5.41, 5.74) is 2.74. The van der Waals surface area contributed by atoms with Crippen molar-refractivity contribution in [1.29, 1.82) is 0 Å². The van der Waals surface area contributed by atoms with Crippen LogP contribution in [0.4, 0.5) is 5.13 Å². The average molecular weight is 407 g/mol. The van der Waals surface area contributed by atoms with Gasteiger partial charge >= 0.3 is 0 Å². The lowest BCUT2D eigenvalue weighted by molar-refractivity contribution is 0.0736. The first-order valence-electron chi connectivity index (χ1n) is 9.16. The zero-order valence-corrected chi connectivity index (χ0v) is 16.4. The van der Waals surface area contributed by atoms with Crippen molar-refractivity contribution in [2.75, 3.05) is 11.9 Å². The van der Waals surface area contributed by atoms with Crippen LogP contribution in [0, 0.1) is 6.92 Å². The van der Waals surface area contributed by atoms with E-state index in [0.717, 1.165) is 21.5 Å². The van der Waals surface area contributed by atoms with Crippen molar-refractivity contribution < 1.29 is 14.1 Å². The first kappa shape index (κ1) is 17.6. The summed E-state index contributed by atoms with van der Waals surface area (Å²) >= 11 is 1.38. The fourth-order valence-corrected chi connectivity index (χ4v) is 4.44. The lowest BCUT2D eigenvalue weighted by Crippen LogP contribution is -2.35. The molecule has 0 bridgehead atoms. The summed E-state index contributed by atoms with van der Waals surface area (Å²) in [7, 11) is 0. The number of rotatable bonds is 3. The number of nitrogens with one attached hydrogen (secondary N) is 2. The van der Waals surface area contributed by atoms with Gasteiger partial charge in [0.2, 0.25) is 0 Å². The van der Waals surface area contributed by atoms with E-state index in [-0.39, 0.29) is 17.5 Å². The number of fused-ring (bicyclic) bond motifs is 2. The number of amides is 2. The molecule has 0 saturated carbocycles. The van der Waals surface area contributed by atoms with Crippen LogP contribution in [0.5, 0.6) is 0 Å². The van der Waals surface area contributed by atoms with E-state index >= 15 is 0 Å². The molecule has 9 heteroatoms. The predicted molar refractivity (Wildman–Crippen MR) is 108 cm³/mol. The summed E-state index contributed by atoms with van der Waals surface area (Å²) in [4.78, 5) is 35.7. The summed E-state index contributed by atoms with van der Waals surface area (Å²) in [6.45, 7) is 2.80. The topological polar surface area (TPSA) is 104 Å². The zero-order valence-electron chi connectivity index (χ0n) is 15.6. The third-order valence-corrected chi connectivity index (χ3v) is 5.90. The van der Waals surface area contributed by atoms with Crippen molar-refractivity contribution in [2.24, 2.45) is 0 Å². The van der Waals surface area contributed by atoms with Gasteiger partial charge in [0.05, 0.1) is 12.2 Å². The molecule has 0 radical (unpaired) electrons. The van der Waals surface area contributed by atoms with Crippen molar-refractivity contribution in [3.63, 3.8) is 0 Å². The molecule has 3 aromatic heterocycles. The summed E-state index contributed by atoms with van der Waals surface area (Å²) < 4.78 is 4.93. The standard InChI is InChI=1S/C20H17N5O3S/c1-11-8-16(24-28-11)18(26)23-20-22-14-5-7-25(10-17(14)29-20)19(27)13-3-2-12-4-6-21-15(12)9-13/h2-4,6,8-9,21H,5,7,10H2,1H3,(H,22,23,26). The van der Waals surface area contributed by atoms with Gasteiger partial charge in [0, 0.05) is 41.2 Å². The van der Waals surface area contributed by atoms with Crippen molar-refractivity contribution in [3.8, 4) is 0 Å². The fourth-order valence-electron chi connectivity index (χ4n) is 3.42. The van der Waals surface area contributed by atoms with Gasteiger partial charge in [-0.05, 0) is 30.5 Å². The molecule has 0 saturated heterocycles. The molecule has 2 N–H and O–H groups in total. The molecule has 2 amide bonds. The Kier molecular flexibility index (Phi) is 4.17. The number of carbonyl (C=O) groups excluding carboxylic acids is 2. The number of aryl methyl sites for hydroxylation is 1. The molecule has 1 aromatic carbocycles. The van der Waals surface area contributed by atoms with Gasteiger partial charge in [-0.25, -0.2) is 4.98 Å². The smallest absolute Gasteiger partial charge is 0.279 e. The second kappa shape index (κ2) is 6.85. The van der Waals surface area contributed by atoms with Gasteiger partial charge in [0.1, 0.15) is 5.76 Å². The number of nitrogens with zero attached hydrogens (tertiary/aromatic N) is 3. The number of thiazole rings is 1. The monoisotopic (exact) mass is 407 g/mol. The van der Waals surface area contributed by atoms with E-state index in [2.05, 4.69) is 20.4 Å². The van der Waals surface area contributed by atoms with Crippen LogP contribution in [0.2, 0.25) is 0 Å². The molecule has 0 aliphatic carbocycles. The number of carbonyl (C=O) groups is 2. The second-order valence-corrected chi connectivity index (χ2v) is 8.01. The SMILES string of the molecule is Cc1cc(C(=O)Nc2nc3c(s2)CN(C(=O)c2ccc4cc[nH]c4c2)CC3)no1. The minimum Gasteiger partial charge on any atom is -0.361 e. The molecule has 0 spiro atoms. The maximum absolute atomic E-state index is 13.0. The number of aromatic nitrogens is 3.